The van der Waals surface area contributed by atoms with Crippen molar-refractivity contribution in [3.8, 4) is 22.4 Å². The SMILES string of the molecule is Cn1cc(C(N)=O)c(-c2ccccc2-c2ccccc2)n1. The van der Waals surface area contributed by atoms with Gasteiger partial charge in [-0.05, 0) is 11.1 Å². The van der Waals surface area contributed by atoms with Crippen molar-refractivity contribution >= 4 is 5.91 Å². The molecule has 2 N–H and O–H groups in total. The predicted octanol–water partition coefficient (Wildman–Crippen LogP) is 2.85. The summed E-state index contributed by atoms with van der Waals surface area (Å²) < 4.78 is 1.61. The van der Waals surface area contributed by atoms with Crippen LogP contribution in [-0.2, 0) is 7.05 Å². The highest BCUT2D eigenvalue weighted by Gasteiger charge is 2.17. The average Bonchev–Trinajstić information content (AvgIpc) is 2.90. The van der Waals surface area contributed by atoms with E-state index in [1.807, 2.05) is 54.6 Å². The highest BCUT2D eigenvalue weighted by Crippen LogP contribution is 2.32. The first-order valence-electron chi connectivity index (χ1n) is 6.65. The Hall–Kier alpha value is -2.88. The zero-order chi connectivity index (χ0) is 14.8. The van der Waals surface area contributed by atoms with Crippen LogP contribution in [0.25, 0.3) is 22.4 Å². The number of primary amides is 1. The van der Waals surface area contributed by atoms with E-state index >= 15 is 0 Å². The molecule has 0 atom stereocenters. The predicted molar refractivity (Wildman–Crippen MR) is 82.6 cm³/mol. The van der Waals surface area contributed by atoms with Crippen LogP contribution >= 0.6 is 0 Å². The van der Waals surface area contributed by atoms with Crippen molar-refractivity contribution in [2.45, 2.75) is 0 Å². The zero-order valence-corrected chi connectivity index (χ0v) is 11.7. The number of nitrogens with two attached hydrogens (primary N) is 1. The smallest absolute Gasteiger partial charge is 0.252 e. The summed E-state index contributed by atoms with van der Waals surface area (Å²) in [4.78, 5) is 11.6. The van der Waals surface area contributed by atoms with Gasteiger partial charge in [-0.3, -0.25) is 9.48 Å². The summed E-state index contributed by atoms with van der Waals surface area (Å²) in [6, 6.07) is 17.9. The number of carbonyl (C=O) groups excluding carboxylic acids is 1. The van der Waals surface area contributed by atoms with E-state index in [1.54, 1.807) is 17.9 Å². The van der Waals surface area contributed by atoms with Gasteiger partial charge in [-0.15, -0.1) is 0 Å². The van der Waals surface area contributed by atoms with Gasteiger partial charge in [0.05, 0.1) is 5.56 Å². The van der Waals surface area contributed by atoms with Crippen molar-refractivity contribution in [3.63, 3.8) is 0 Å². The summed E-state index contributed by atoms with van der Waals surface area (Å²) in [5.74, 6) is -0.471. The van der Waals surface area contributed by atoms with Crippen LogP contribution in [0, 0.1) is 0 Å². The molecule has 21 heavy (non-hydrogen) atoms. The molecule has 0 fully saturated rings. The fourth-order valence-electron chi connectivity index (χ4n) is 2.43. The summed E-state index contributed by atoms with van der Waals surface area (Å²) in [5.41, 5.74) is 9.51. The molecule has 0 bridgehead atoms. The Bertz CT molecular complexity index is 791. The molecule has 4 nitrogen and oxygen atoms in total. The van der Waals surface area contributed by atoms with Gasteiger partial charge < -0.3 is 5.73 Å². The van der Waals surface area contributed by atoms with Crippen LogP contribution in [0.1, 0.15) is 10.4 Å². The lowest BCUT2D eigenvalue weighted by Crippen LogP contribution is -2.11. The number of benzene rings is 2. The summed E-state index contributed by atoms with van der Waals surface area (Å²) in [5, 5.41) is 4.40. The number of aromatic nitrogens is 2. The third-order valence-electron chi connectivity index (χ3n) is 3.36. The van der Waals surface area contributed by atoms with Crippen molar-refractivity contribution in [1.82, 2.24) is 9.78 Å². The van der Waals surface area contributed by atoms with Crippen molar-refractivity contribution in [3.05, 3.63) is 66.4 Å². The Labute approximate surface area is 122 Å². The number of aryl methyl sites for hydroxylation is 1. The van der Waals surface area contributed by atoms with E-state index < -0.39 is 5.91 Å². The van der Waals surface area contributed by atoms with Gasteiger partial charge in [0.25, 0.3) is 5.91 Å². The van der Waals surface area contributed by atoms with E-state index in [0.29, 0.717) is 11.3 Å². The van der Waals surface area contributed by atoms with Crippen molar-refractivity contribution in [2.24, 2.45) is 12.8 Å². The van der Waals surface area contributed by atoms with Gasteiger partial charge in [-0.1, -0.05) is 54.6 Å². The highest BCUT2D eigenvalue weighted by molar-refractivity contribution is 6.00. The third-order valence-corrected chi connectivity index (χ3v) is 3.36. The van der Waals surface area contributed by atoms with E-state index in [4.69, 9.17) is 5.73 Å². The van der Waals surface area contributed by atoms with Gasteiger partial charge in [0, 0.05) is 18.8 Å². The number of nitrogens with zero attached hydrogens (tertiary/aromatic N) is 2. The molecular weight excluding hydrogens is 262 g/mol. The van der Waals surface area contributed by atoms with Crippen LogP contribution in [0.3, 0.4) is 0 Å². The molecular formula is C17H15N3O. The molecule has 3 rings (SSSR count). The molecule has 0 unspecified atom stereocenters. The summed E-state index contributed by atoms with van der Waals surface area (Å²) in [7, 11) is 1.78. The number of rotatable bonds is 3. The summed E-state index contributed by atoms with van der Waals surface area (Å²) in [6.07, 6.45) is 1.65. The van der Waals surface area contributed by atoms with E-state index in [0.717, 1.165) is 16.7 Å². The Morgan fingerprint density at radius 1 is 1.00 bits per heavy atom. The maximum Gasteiger partial charge on any atom is 0.252 e. The second-order valence-electron chi connectivity index (χ2n) is 4.84. The topological polar surface area (TPSA) is 60.9 Å². The maximum absolute atomic E-state index is 11.6. The van der Waals surface area contributed by atoms with Crippen LogP contribution in [0.5, 0.6) is 0 Å². The molecule has 0 aliphatic carbocycles. The lowest BCUT2D eigenvalue weighted by atomic mass is 9.96. The van der Waals surface area contributed by atoms with Gasteiger partial charge in [-0.2, -0.15) is 5.10 Å². The van der Waals surface area contributed by atoms with E-state index in [9.17, 15) is 4.79 Å². The second kappa shape index (κ2) is 5.25. The van der Waals surface area contributed by atoms with Crippen LogP contribution in [-0.4, -0.2) is 15.7 Å². The first-order valence-corrected chi connectivity index (χ1v) is 6.65. The molecule has 4 heteroatoms. The molecule has 1 aromatic heterocycles. The lowest BCUT2D eigenvalue weighted by Gasteiger charge is -2.08. The largest absolute Gasteiger partial charge is 0.365 e. The van der Waals surface area contributed by atoms with E-state index in [-0.39, 0.29) is 0 Å². The average molecular weight is 277 g/mol. The van der Waals surface area contributed by atoms with Crippen LogP contribution in [0.15, 0.2) is 60.8 Å². The van der Waals surface area contributed by atoms with Gasteiger partial charge in [-0.25, -0.2) is 0 Å². The van der Waals surface area contributed by atoms with E-state index in [2.05, 4.69) is 5.10 Å². The minimum atomic E-state index is -0.471. The fourth-order valence-corrected chi connectivity index (χ4v) is 2.43. The van der Waals surface area contributed by atoms with Gasteiger partial charge >= 0.3 is 0 Å². The molecule has 3 aromatic rings. The van der Waals surface area contributed by atoms with Crippen LogP contribution in [0.2, 0.25) is 0 Å². The minimum absolute atomic E-state index is 0.431. The molecule has 0 spiro atoms. The summed E-state index contributed by atoms with van der Waals surface area (Å²) in [6.45, 7) is 0. The van der Waals surface area contributed by atoms with Crippen molar-refractivity contribution in [2.75, 3.05) is 0 Å². The first kappa shape index (κ1) is 13.1. The number of amides is 1. The van der Waals surface area contributed by atoms with Crippen LogP contribution in [0.4, 0.5) is 0 Å². The minimum Gasteiger partial charge on any atom is -0.365 e. The Balaban J connectivity index is 2.23. The molecule has 1 amide bonds. The molecule has 1 heterocycles. The Morgan fingerprint density at radius 3 is 2.29 bits per heavy atom. The molecule has 0 aliphatic heterocycles. The lowest BCUT2D eigenvalue weighted by molar-refractivity contribution is 0.100. The number of carbonyl (C=O) groups is 1. The van der Waals surface area contributed by atoms with Crippen molar-refractivity contribution < 1.29 is 4.79 Å². The molecule has 0 radical (unpaired) electrons. The van der Waals surface area contributed by atoms with Gasteiger partial charge in [0.2, 0.25) is 0 Å². The number of hydrogen-bond acceptors (Lipinski definition) is 2. The van der Waals surface area contributed by atoms with Crippen molar-refractivity contribution in [1.29, 1.82) is 0 Å². The first-order chi connectivity index (χ1) is 10.2. The Morgan fingerprint density at radius 2 is 1.62 bits per heavy atom. The standard InChI is InChI=1S/C17H15N3O/c1-20-11-15(17(18)21)16(19-20)14-10-6-5-9-13(14)12-7-3-2-4-8-12/h2-11H,1H3,(H2,18,21). The van der Waals surface area contributed by atoms with E-state index in [1.165, 1.54) is 0 Å². The maximum atomic E-state index is 11.6. The molecule has 104 valence electrons. The van der Waals surface area contributed by atoms with Gasteiger partial charge in [0.1, 0.15) is 5.69 Å². The zero-order valence-electron chi connectivity index (χ0n) is 11.7. The number of hydrogen-bond donors (Lipinski definition) is 1. The monoisotopic (exact) mass is 277 g/mol. The fraction of sp³-hybridized carbons (Fsp3) is 0.0588. The normalized spacial score (nSPS) is 10.5. The summed E-state index contributed by atoms with van der Waals surface area (Å²) >= 11 is 0. The highest BCUT2D eigenvalue weighted by atomic mass is 16.1. The quantitative estimate of drug-likeness (QED) is 0.800. The molecule has 2 aromatic carbocycles. The second-order valence-corrected chi connectivity index (χ2v) is 4.84. The Kier molecular flexibility index (Phi) is 3.28. The van der Waals surface area contributed by atoms with Gasteiger partial charge in [0.15, 0.2) is 0 Å². The van der Waals surface area contributed by atoms with Crippen LogP contribution < -0.4 is 5.73 Å². The molecule has 0 saturated carbocycles. The molecule has 0 aliphatic rings. The third kappa shape index (κ3) is 2.43. The molecule has 0 saturated heterocycles.